The number of ether oxygens (including phenoxy) is 1. The summed E-state index contributed by atoms with van der Waals surface area (Å²) in [5.41, 5.74) is 4.45. The molecule has 0 saturated heterocycles. The van der Waals surface area contributed by atoms with Crippen molar-refractivity contribution in [2.45, 2.75) is 50.6 Å². The van der Waals surface area contributed by atoms with E-state index in [2.05, 4.69) is 29.3 Å². The molecule has 0 fully saturated rings. The summed E-state index contributed by atoms with van der Waals surface area (Å²) < 4.78 is 5.52. The number of rotatable bonds is 11. The average Bonchev–Trinajstić information content (AvgIpc) is 3.13. The van der Waals surface area contributed by atoms with Crippen LogP contribution < -0.4 is 10.6 Å². The lowest BCUT2D eigenvalue weighted by molar-refractivity contribution is -0.142. The van der Waals surface area contributed by atoms with Crippen LogP contribution in [0.4, 0.5) is 4.79 Å². The van der Waals surface area contributed by atoms with Gasteiger partial charge in [-0.3, -0.25) is 4.79 Å². The molecular weight excluding hydrogens is 420 g/mol. The predicted molar refractivity (Wildman–Crippen MR) is 126 cm³/mol. The highest BCUT2D eigenvalue weighted by Crippen LogP contribution is 2.44. The molecule has 1 aliphatic carbocycles. The Morgan fingerprint density at radius 3 is 2.15 bits per heavy atom. The zero-order chi connectivity index (χ0) is 23.8. The third-order valence-electron chi connectivity index (χ3n) is 5.80. The van der Waals surface area contributed by atoms with E-state index >= 15 is 0 Å². The van der Waals surface area contributed by atoms with E-state index in [1.165, 1.54) is 0 Å². The van der Waals surface area contributed by atoms with Crippen molar-refractivity contribution >= 4 is 18.0 Å². The van der Waals surface area contributed by atoms with Crippen LogP contribution >= 0.6 is 0 Å². The van der Waals surface area contributed by atoms with Gasteiger partial charge in [-0.2, -0.15) is 0 Å². The largest absolute Gasteiger partial charge is 0.480 e. The summed E-state index contributed by atoms with van der Waals surface area (Å²) in [4.78, 5) is 36.7. The van der Waals surface area contributed by atoms with E-state index in [-0.39, 0.29) is 18.9 Å². The number of hydrogen-bond donors (Lipinski definition) is 3. The molecule has 0 aliphatic heterocycles. The summed E-state index contributed by atoms with van der Waals surface area (Å²) >= 11 is 0. The van der Waals surface area contributed by atoms with E-state index in [4.69, 9.17) is 4.74 Å². The van der Waals surface area contributed by atoms with Gasteiger partial charge in [0, 0.05) is 5.92 Å². The number of alkyl carbamates (subject to hydrolysis) is 1. The maximum Gasteiger partial charge on any atom is 0.407 e. The van der Waals surface area contributed by atoms with E-state index in [1.807, 2.05) is 43.3 Å². The van der Waals surface area contributed by atoms with Crippen LogP contribution in [-0.2, 0) is 14.3 Å². The van der Waals surface area contributed by atoms with E-state index < -0.39 is 30.1 Å². The Morgan fingerprint density at radius 2 is 1.61 bits per heavy atom. The van der Waals surface area contributed by atoms with E-state index in [0.29, 0.717) is 19.3 Å². The Bertz CT molecular complexity index is 974. The Kier molecular flexibility index (Phi) is 8.24. The molecule has 1 unspecified atom stereocenters. The number of nitrogens with one attached hydrogen (secondary N) is 2. The minimum atomic E-state index is -1.12. The van der Waals surface area contributed by atoms with Crippen LogP contribution in [0, 0.1) is 0 Å². The van der Waals surface area contributed by atoms with Gasteiger partial charge in [0.15, 0.2) is 0 Å². The van der Waals surface area contributed by atoms with Gasteiger partial charge < -0.3 is 20.5 Å². The number of hydrogen-bond acceptors (Lipinski definition) is 4. The molecule has 3 rings (SSSR count). The average molecular weight is 451 g/mol. The maximum atomic E-state index is 12.7. The minimum Gasteiger partial charge on any atom is -0.480 e. The standard InChI is InChI=1S/C26H30N2O5/c1-3-5-15-23(25(30)31)27-24(29)22(10-4-2)28-26(32)33-16-21-19-13-8-6-11-17(19)18-12-7-9-14-20(18)21/h3,6-9,11-14,21-23H,1,4-5,10,15-16H2,2H3,(H,27,29)(H,28,32)(H,30,31)/t22-,23?/m1/s1. The van der Waals surface area contributed by atoms with Gasteiger partial charge >= 0.3 is 12.1 Å². The molecular formula is C26H30N2O5. The molecule has 0 radical (unpaired) electrons. The maximum absolute atomic E-state index is 12.7. The molecule has 2 atom stereocenters. The van der Waals surface area contributed by atoms with Gasteiger partial charge in [0.25, 0.3) is 0 Å². The SMILES string of the molecule is C=CCCC(NC(=O)[C@@H](CCC)NC(=O)OCC1c2ccccc2-c2ccccc21)C(=O)O. The van der Waals surface area contributed by atoms with Crippen molar-refractivity contribution in [3.8, 4) is 11.1 Å². The second-order valence-electron chi connectivity index (χ2n) is 8.08. The molecule has 0 spiro atoms. The summed E-state index contributed by atoms with van der Waals surface area (Å²) in [6.07, 6.45) is 2.57. The highest BCUT2D eigenvalue weighted by molar-refractivity contribution is 5.89. The van der Waals surface area contributed by atoms with Gasteiger partial charge in [0.2, 0.25) is 5.91 Å². The first-order valence-electron chi connectivity index (χ1n) is 11.2. The highest BCUT2D eigenvalue weighted by atomic mass is 16.5. The number of carboxylic acid groups (broad SMARTS) is 1. The lowest BCUT2D eigenvalue weighted by Crippen LogP contribution is -2.51. The first kappa shape index (κ1) is 24.0. The molecule has 2 amide bonds. The number of amides is 2. The minimum absolute atomic E-state index is 0.0862. The molecule has 7 heteroatoms. The van der Waals surface area contributed by atoms with Gasteiger partial charge in [-0.15, -0.1) is 6.58 Å². The number of carbonyl (C=O) groups excluding carboxylic acids is 2. The predicted octanol–water partition coefficient (Wildman–Crippen LogP) is 4.23. The fourth-order valence-electron chi connectivity index (χ4n) is 4.15. The normalized spacial score (nSPS) is 13.8. The highest BCUT2D eigenvalue weighted by Gasteiger charge is 2.30. The second kappa shape index (κ2) is 11.3. The van der Waals surface area contributed by atoms with Crippen LogP contribution in [-0.4, -0.2) is 41.8 Å². The van der Waals surface area contributed by atoms with Crippen molar-refractivity contribution in [3.05, 3.63) is 72.3 Å². The number of fused-ring (bicyclic) bond motifs is 3. The van der Waals surface area contributed by atoms with Crippen molar-refractivity contribution < 1.29 is 24.2 Å². The smallest absolute Gasteiger partial charge is 0.407 e. The molecule has 0 saturated carbocycles. The summed E-state index contributed by atoms with van der Waals surface area (Å²) in [5, 5.41) is 14.5. The van der Waals surface area contributed by atoms with Crippen LogP contribution in [0.5, 0.6) is 0 Å². The van der Waals surface area contributed by atoms with Gasteiger partial charge in [0.05, 0.1) is 0 Å². The number of allylic oxidation sites excluding steroid dienone is 1. The van der Waals surface area contributed by atoms with Crippen molar-refractivity contribution in [1.82, 2.24) is 10.6 Å². The Labute approximate surface area is 193 Å². The topological polar surface area (TPSA) is 105 Å². The molecule has 33 heavy (non-hydrogen) atoms. The van der Waals surface area contributed by atoms with Crippen molar-refractivity contribution in [2.75, 3.05) is 6.61 Å². The van der Waals surface area contributed by atoms with Gasteiger partial charge in [-0.05, 0) is 41.5 Å². The molecule has 0 heterocycles. The lowest BCUT2D eigenvalue weighted by atomic mass is 9.98. The zero-order valence-corrected chi connectivity index (χ0v) is 18.8. The van der Waals surface area contributed by atoms with Crippen molar-refractivity contribution in [1.29, 1.82) is 0 Å². The molecule has 2 aromatic rings. The van der Waals surface area contributed by atoms with Crippen LogP contribution in [0.2, 0.25) is 0 Å². The fraction of sp³-hybridized carbons (Fsp3) is 0.346. The molecule has 0 bridgehead atoms. The number of carboxylic acids is 1. The summed E-state index contributed by atoms with van der Waals surface area (Å²) in [5.74, 6) is -1.75. The Morgan fingerprint density at radius 1 is 1.00 bits per heavy atom. The summed E-state index contributed by atoms with van der Waals surface area (Å²) in [7, 11) is 0. The van der Waals surface area contributed by atoms with Crippen LogP contribution in [0.1, 0.15) is 49.7 Å². The summed E-state index contributed by atoms with van der Waals surface area (Å²) in [6.45, 7) is 5.59. The third-order valence-corrected chi connectivity index (χ3v) is 5.80. The van der Waals surface area contributed by atoms with Crippen LogP contribution in [0.3, 0.4) is 0 Å². The molecule has 2 aromatic carbocycles. The quantitative estimate of drug-likeness (QED) is 0.445. The molecule has 174 valence electrons. The second-order valence-corrected chi connectivity index (χ2v) is 8.08. The van der Waals surface area contributed by atoms with Gasteiger partial charge in [-0.1, -0.05) is 68.0 Å². The van der Waals surface area contributed by atoms with Crippen molar-refractivity contribution in [3.63, 3.8) is 0 Å². The molecule has 0 aromatic heterocycles. The van der Waals surface area contributed by atoms with Crippen molar-refractivity contribution in [2.24, 2.45) is 0 Å². The third kappa shape index (κ3) is 5.80. The van der Waals surface area contributed by atoms with Gasteiger partial charge in [0.1, 0.15) is 18.7 Å². The first-order chi connectivity index (χ1) is 16.0. The number of benzene rings is 2. The first-order valence-corrected chi connectivity index (χ1v) is 11.2. The molecule has 3 N–H and O–H groups in total. The van der Waals surface area contributed by atoms with Crippen LogP contribution in [0.15, 0.2) is 61.2 Å². The van der Waals surface area contributed by atoms with Gasteiger partial charge in [-0.25, -0.2) is 9.59 Å². The van der Waals surface area contributed by atoms with E-state index in [9.17, 15) is 19.5 Å². The van der Waals surface area contributed by atoms with Crippen LogP contribution in [0.25, 0.3) is 11.1 Å². The monoisotopic (exact) mass is 450 g/mol. The fourth-order valence-corrected chi connectivity index (χ4v) is 4.15. The Balaban J connectivity index is 1.63. The lowest BCUT2D eigenvalue weighted by Gasteiger charge is -2.21. The zero-order valence-electron chi connectivity index (χ0n) is 18.8. The molecule has 7 nitrogen and oxygen atoms in total. The molecule has 1 aliphatic rings. The van der Waals surface area contributed by atoms with E-state index in [0.717, 1.165) is 22.3 Å². The van der Waals surface area contributed by atoms with E-state index in [1.54, 1.807) is 6.08 Å². The number of aliphatic carboxylic acids is 1. The summed E-state index contributed by atoms with van der Waals surface area (Å²) in [6, 6.07) is 14.2. The number of carbonyl (C=O) groups is 3. The Hall–Kier alpha value is -3.61.